The first-order chi connectivity index (χ1) is 15.0. The van der Waals surface area contributed by atoms with Crippen LogP contribution in [0.2, 0.25) is 5.02 Å². The molecule has 0 aliphatic carbocycles. The zero-order valence-corrected chi connectivity index (χ0v) is 18.3. The minimum absolute atomic E-state index is 0.165. The van der Waals surface area contributed by atoms with Gasteiger partial charge in [-0.05, 0) is 29.1 Å². The second-order valence-electron chi connectivity index (χ2n) is 6.39. The number of nitrogens with zero attached hydrogens (tertiary/aromatic N) is 3. The maximum absolute atomic E-state index is 12.1. The highest BCUT2D eigenvalue weighted by atomic mass is 35.5. The molecule has 1 atom stereocenters. The molecule has 158 valence electrons. The summed E-state index contributed by atoms with van der Waals surface area (Å²) in [5.41, 5.74) is 1.86. The Morgan fingerprint density at radius 1 is 1.13 bits per heavy atom. The van der Waals surface area contributed by atoms with Gasteiger partial charge in [0.25, 0.3) is 0 Å². The molecule has 0 saturated heterocycles. The fourth-order valence-corrected chi connectivity index (χ4v) is 2.95. The van der Waals surface area contributed by atoms with Crippen molar-refractivity contribution in [2.24, 2.45) is 0 Å². The maximum atomic E-state index is 12.1. The van der Waals surface area contributed by atoms with E-state index in [1.165, 1.54) is 18.0 Å². The van der Waals surface area contributed by atoms with Crippen molar-refractivity contribution in [2.45, 2.75) is 6.54 Å². The third-order valence-corrected chi connectivity index (χ3v) is 4.72. The summed E-state index contributed by atoms with van der Waals surface area (Å²) in [4.78, 5) is 19.8. The molecule has 0 bridgehead atoms. The van der Waals surface area contributed by atoms with Gasteiger partial charge in [0.1, 0.15) is 18.4 Å². The number of aromatic nitrogens is 2. The Morgan fingerprint density at radius 3 is 2.61 bits per heavy atom. The second kappa shape index (κ2) is 11.2. The van der Waals surface area contributed by atoms with E-state index in [4.69, 9.17) is 21.6 Å². The van der Waals surface area contributed by atoms with Crippen LogP contribution in [0.25, 0.3) is 0 Å². The Morgan fingerprint density at radius 2 is 1.94 bits per heavy atom. The molecular formula is C21H20ClN6O2P. The first kappa shape index (κ1) is 22.4. The van der Waals surface area contributed by atoms with E-state index in [1.54, 1.807) is 18.2 Å². The summed E-state index contributed by atoms with van der Waals surface area (Å²) in [6, 6.07) is 14.6. The summed E-state index contributed by atoms with van der Waals surface area (Å²) in [7, 11) is 2.66. The number of carbonyl (C=O) groups excluding carboxylic acids is 1. The fourth-order valence-electron chi connectivity index (χ4n) is 2.53. The monoisotopic (exact) mass is 454 g/mol. The lowest BCUT2D eigenvalue weighted by molar-refractivity contribution is 0.262. The summed E-state index contributed by atoms with van der Waals surface area (Å²) in [5, 5.41) is 18.7. The molecule has 10 heteroatoms. The van der Waals surface area contributed by atoms with Crippen LogP contribution in [-0.4, -0.2) is 29.2 Å². The molecule has 2 aromatic carbocycles. The topological polar surface area (TPSA) is 112 Å². The van der Waals surface area contributed by atoms with E-state index in [0.29, 0.717) is 29.6 Å². The number of nitriles is 1. The Hall–Kier alpha value is -3.24. The van der Waals surface area contributed by atoms with Crippen LogP contribution in [0.3, 0.4) is 0 Å². The lowest BCUT2D eigenvalue weighted by atomic mass is 10.2. The number of hydrogen-bond donors (Lipinski definition) is 3. The number of ether oxygens (including phenoxy) is 1. The van der Waals surface area contributed by atoms with E-state index in [-0.39, 0.29) is 11.5 Å². The minimum Gasteiger partial charge on any atom is -0.491 e. The number of urea groups is 1. The minimum atomic E-state index is -0.511. The van der Waals surface area contributed by atoms with E-state index in [2.05, 4.69) is 47.3 Å². The van der Waals surface area contributed by atoms with Crippen molar-refractivity contribution in [1.29, 1.82) is 5.26 Å². The molecule has 1 unspecified atom stereocenters. The Balaban J connectivity index is 1.42. The molecule has 0 saturated carbocycles. The second-order valence-corrected chi connectivity index (χ2v) is 7.46. The molecule has 0 aliphatic rings. The van der Waals surface area contributed by atoms with Gasteiger partial charge in [-0.2, -0.15) is 5.26 Å². The first-order valence-corrected chi connectivity index (χ1v) is 10.3. The van der Waals surface area contributed by atoms with Gasteiger partial charge in [-0.1, -0.05) is 35.9 Å². The van der Waals surface area contributed by atoms with Gasteiger partial charge in [-0.15, -0.1) is 9.24 Å². The molecule has 0 radical (unpaired) electrons. The van der Waals surface area contributed by atoms with Crippen molar-refractivity contribution in [1.82, 2.24) is 15.3 Å². The van der Waals surface area contributed by atoms with Gasteiger partial charge in [0.2, 0.25) is 0 Å². The van der Waals surface area contributed by atoms with Crippen molar-refractivity contribution in [3.63, 3.8) is 0 Å². The van der Waals surface area contributed by atoms with Crippen LogP contribution in [0.5, 0.6) is 5.75 Å². The quantitative estimate of drug-likeness (QED) is 0.355. The molecule has 1 aromatic heterocycles. The van der Waals surface area contributed by atoms with E-state index >= 15 is 0 Å². The number of benzene rings is 2. The number of amides is 2. The Bertz CT molecular complexity index is 1070. The summed E-state index contributed by atoms with van der Waals surface area (Å²) >= 11 is 6.26. The highest BCUT2D eigenvalue weighted by Crippen LogP contribution is 2.27. The van der Waals surface area contributed by atoms with Gasteiger partial charge in [0.05, 0.1) is 17.4 Å². The van der Waals surface area contributed by atoms with E-state index in [0.717, 1.165) is 11.8 Å². The molecule has 3 N–H and O–H groups in total. The van der Waals surface area contributed by atoms with Gasteiger partial charge < -0.3 is 15.4 Å². The number of carbonyl (C=O) groups is 1. The molecule has 3 rings (SSSR count). The highest BCUT2D eigenvalue weighted by molar-refractivity contribution is 7.27. The normalized spacial score (nSPS) is 10.2. The predicted molar refractivity (Wildman–Crippen MR) is 124 cm³/mol. The van der Waals surface area contributed by atoms with Crippen LogP contribution >= 0.6 is 20.8 Å². The van der Waals surface area contributed by atoms with Crippen LogP contribution in [-0.2, 0) is 6.54 Å². The van der Waals surface area contributed by atoms with Gasteiger partial charge >= 0.3 is 6.03 Å². The maximum Gasteiger partial charge on any atom is 0.324 e. The number of halogens is 1. The van der Waals surface area contributed by atoms with Gasteiger partial charge in [0, 0.05) is 18.8 Å². The average Bonchev–Trinajstić information content (AvgIpc) is 2.76. The zero-order chi connectivity index (χ0) is 22.1. The largest absolute Gasteiger partial charge is 0.491 e. The van der Waals surface area contributed by atoms with E-state index < -0.39 is 6.03 Å². The van der Waals surface area contributed by atoms with Crippen molar-refractivity contribution >= 4 is 43.7 Å². The number of nitrogens with one attached hydrogen (secondary N) is 3. The fraction of sp³-hybridized carbons (Fsp3) is 0.143. The molecule has 0 aliphatic heterocycles. The van der Waals surface area contributed by atoms with Crippen LogP contribution in [0, 0.1) is 11.3 Å². The SMILES string of the molecule is N#Cc1cnc(NC(=O)Nc2ccc(OCCNCc3ccc(P)cc3)c(Cl)c2)cn1. The molecule has 8 nitrogen and oxygen atoms in total. The Labute approximate surface area is 187 Å². The van der Waals surface area contributed by atoms with E-state index in [9.17, 15) is 4.79 Å². The molecule has 0 spiro atoms. The number of hydrogen-bond acceptors (Lipinski definition) is 6. The molecular weight excluding hydrogens is 435 g/mol. The average molecular weight is 455 g/mol. The summed E-state index contributed by atoms with van der Waals surface area (Å²) < 4.78 is 5.70. The zero-order valence-electron chi connectivity index (χ0n) is 16.4. The third-order valence-electron chi connectivity index (χ3n) is 4.04. The van der Waals surface area contributed by atoms with Crippen LogP contribution in [0.1, 0.15) is 11.3 Å². The Kier molecular flexibility index (Phi) is 8.13. The van der Waals surface area contributed by atoms with Crippen LogP contribution in [0.15, 0.2) is 54.9 Å². The van der Waals surface area contributed by atoms with Gasteiger partial charge in [-0.3, -0.25) is 5.32 Å². The first-order valence-electron chi connectivity index (χ1n) is 9.31. The number of anilines is 2. The molecule has 1 heterocycles. The lowest BCUT2D eigenvalue weighted by Gasteiger charge is -2.11. The summed E-state index contributed by atoms with van der Waals surface area (Å²) in [5.74, 6) is 0.749. The standard InChI is InChI=1S/C21H20ClN6O2P/c22-18-9-15(27-21(29)28-20-13-25-16(10-23)12-26-20)3-6-19(18)30-8-7-24-11-14-1-4-17(31)5-2-14/h1-6,9,12-13,24H,7-8,11,31H2,(H2,26,27,28,29). The van der Waals surface area contributed by atoms with Gasteiger partial charge in [0.15, 0.2) is 11.5 Å². The van der Waals surface area contributed by atoms with Crippen molar-refractivity contribution < 1.29 is 9.53 Å². The summed E-state index contributed by atoms with van der Waals surface area (Å²) in [6.45, 7) is 1.86. The molecule has 31 heavy (non-hydrogen) atoms. The number of rotatable bonds is 8. The van der Waals surface area contributed by atoms with Crippen molar-refractivity contribution in [3.05, 3.63) is 71.1 Å². The smallest absolute Gasteiger partial charge is 0.324 e. The van der Waals surface area contributed by atoms with Gasteiger partial charge in [-0.25, -0.2) is 14.8 Å². The summed E-state index contributed by atoms with van der Waals surface area (Å²) in [6.07, 6.45) is 2.57. The highest BCUT2D eigenvalue weighted by Gasteiger charge is 2.08. The molecule has 0 fully saturated rings. The van der Waals surface area contributed by atoms with E-state index in [1.807, 2.05) is 18.2 Å². The third kappa shape index (κ3) is 7.19. The molecule has 2 amide bonds. The van der Waals surface area contributed by atoms with Crippen molar-refractivity contribution in [2.75, 3.05) is 23.8 Å². The van der Waals surface area contributed by atoms with Crippen LogP contribution < -0.4 is 26.0 Å². The predicted octanol–water partition coefficient (Wildman–Crippen LogP) is 3.31. The van der Waals surface area contributed by atoms with Crippen molar-refractivity contribution in [3.8, 4) is 11.8 Å². The lowest BCUT2D eigenvalue weighted by Crippen LogP contribution is -2.21. The molecule has 3 aromatic rings. The van der Waals surface area contributed by atoms with Crippen LogP contribution in [0.4, 0.5) is 16.3 Å².